The average Bonchev–Trinajstić information content (AvgIpc) is 3.00. The normalized spacial score (nSPS) is 11.1. The fourth-order valence-electron chi connectivity index (χ4n) is 5.44. The van der Waals surface area contributed by atoms with E-state index in [1.165, 1.54) is 19.3 Å². The summed E-state index contributed by atoms with van der Waals surface area (Å²) in [5, 5.41) is 0.697. The molecule has 46 heavy (non-hydrogen) atoms. The molecule has 3 aromatic rings. The van der Waals surface area contributed by atoms with Crippen molar-refractivity contribution in [1.82, 2.24) is 4.98 Å². The van der Waals surface area contributed by atoms with Gasteiger partial charge < -0.3 is 23.4 Å². The van der Waals surface area contributed by atoms with Crippen molar-refractivity contribution in [2.45, 2.75) is 113 Å². The molecule has 0 N–H and O–H groups in total. The van der Waals surface area contributed by atoms with Gasteiger partial charge in [-0.05, 0) is 54.4 Å². The Balaban J connectivity index is 0.000000829. The Morgan fingerprint density at radius 3 is 1.85 bits per heavy atom. The van der Waals surface area contributed by atoms with Gasteiger partial charge in [0.15, 0.2) is 0 Å². The molecule has 0 aliphatic rings. The molecule has 0 unspecified atom stereocenters. The molecular formula is C38H59NO7. The third kappa shape index (κ3) is 16.1. The number of aromatic nitrogens is 1. The number of methoxy groups -OCH3 is 2. The smallest absolute Gasteiger partial charge is 0.345 e. The minimum Gasteiger partial charge on any atom is -0.497 e. The lowest BCUT2D eigenvalue weighted by Crippen LogP contribution is -2.16. The molecule has 8 heteroatoms. The standard InChI is InChI=1S/C27H33NO7.C9H20.C2H6/c1-31-21-12-13-22(24(18-21)32-2)23-17-20-11-14-25(28-26(20)35-27(23)30)34-16-10-8-6-4-3-5-7-9-15-33-19-29;1-8(2,3)7-9(4,5)6;1-2/h11-14,17-19H,3-10,15-16H2,1-2H3;7H2,1-6H3;1-2H3. The second-order valence-electron chi connectivity index (χ2n) is 13.5. The first-order chi connectivity index (χ1) is 21.9. The van der Waals surface area contributed by atoms with Crippen molar-refractivity contribution in [2.75, 3.05) is 27.4 Å². The maximum absolute atomic E-state index is 12.7. The van der Waals surface area contributed by atoms with Gasteiger partial charge in [-0.1, -0.05) is 93.9 Å². The van der Waals surface area contributed by atoms with E-state index in [9.17, 15) is 9.59 Å². The van der Waals surface area contributed by atoms with Gasteiger partial charge in [0.25, 0.3) is 6.47 Å². The van der Waals surface area contributed by atoms with Crippen molar-refractivity contribution >= 4 is 17.6 Å². The van der Waals surface area contributed by atoms with Crippen LogP contribution in [0.25, 0.3) is 22.2 Å². The maximum atomic E-state index is 12.7. The Morgan fingerprint density at radius 1 is 0.739 bits per heavy atom. The number of pyridine rings is 1. The second-order valence-corrected chi connectivity index (χ2v) is 13.5. The number of carbonyl (C=O) groups excluding carboxylic acids is 1. The lowest BCUT2D eigenvalue weighted by molar-refractivity contribution is -0.128. The number of rotatable bonds is 16. The first-order valence-corrected chi connectivity index (χ1v) is 16.7. The van der Waals surface area contributed by atoms with Crippen LogP contribution in [0.5, 0.6) is 17.4 Å². The van der Waals surface area contributed by atoms with E-state index in [-0.39, 0.29) is 5.71 Å². The number of hydrogen-bond acceptors (Lipinski definition) is 8. The molecule has 1 aromatic carbocycles. The summed E-state index contributed by atoms with van der Waals surface area (Å²) in [4.78, 5) is 27.1. The third-order valence-corrected chi connectivity index (χ3v) is 6.81. The van der Waals surface area contributed by atoms with E-state index in [1.54, 1.807) is 44.6 Å². The molecule has 0 bridgehead atoms. The largest absolute Gasteiger partial charge is 0.497 e. The van der Waals surface area contributed by atoms with Crippen LogP contribution in [0.2, 0.25) is 0 Å². The fraction of sp³-hybridized carbons (Fsp3) is 0.605. The molecule has 0 saturated heterocycles. The summed E-state index contributed by atoms with van der Waals surface area (Å²) < 4.78 is 26.6. The monoisotopic (exact) mass is 641 g/mol. The van der Waals surface area contributed by atoms with Crippen LogP contribution in [0.1, 0.15) is 113 Å². The van der Waals surface area contributed by atoms with Crippen LogP contribution in [-0.2, 0) is 9.53 Å². The van der Waals surface area contributed by atoms with Crippen LogP contribution in [0.4, 0.5) is 0 Å². The Morgan fingerprint density at radius 2 is 1.33 bits per heavy atom. The molecule has 3 rings (SSSR count). The summed E-state index contributed by atoms with van der Waals surface area (Å²) in [6.45, 7) is 19.3. The molecule has 0 radical (unpaired) electrons. The summed E-state index contributed by atoms with van der Waals surface area (Å²) in [6, 6.07) is 10.6. The van der Waals surface area contributed by atoms with Crippen LogP contribution in [0.15, 0.2) is 45.6 Å². The van der Waals surface area contributed by atoms with Crippen molar-refractivity contribution in [3.8, 4) is 28.5 Å². The lowest BCUT2D eigenvalue weighted by atomic mass is 9.78. The minimum atomic E-state index is -0.498. The molecule has 0 fully saturated rings. The second kappa shape index (κ2) is 21.3. The van der Waals surface area contributed by atoms with Gasteiger partial charge >= 0.3 is 5.63 Å². The third-order valence-electron chi connectivity index (χ3n) is 6.81. The number of nitrogens with zero attached hydrogens (tertiary/aromatic N) is 1. The molecule has 0 saturated carbocycles. The van der Waals surface area contributed by atoms with Crippen LogP contribution in [0.3, 0.4) is 0 Å². The predicted molar refractivity (Wildman–Crippen MR) is 188 cm³/mol. The summed E-state index contributed by atoms with van der Waals surface area (Å²) in [5.74, 6) is 1.60. The Bertz CT molecular complexity index is 1320. The molecule has 8 nitrogen and oxygen atoms in total. The van der Waals surface area contributed by atoms with Crippen molar-refractivity contribution < 1.29 is 28.2 Å². The van der Waals surface area contributed by atoms with Gasteiger partial charge in [-0.25, -0.2) is 4.79 Å². The van der Waals surface area contributed by atoms with Crippen LogP contribution in [-0.4, -0.2) is 38.9 Å². The van der Waals surface area contributed by atoms with Gasteiger partial charge in [0, 0.05) is 23.1 Å². The zero-order valence-electron chi connectivity index (χ0n) is 30.1. The van der Waals surface area contributed by atoms with Gasteiger partial charge in [-0.15, -0.1) is 0 Å². The van der Waals surface area contributed by atoms with E-state index >= 15 is 0 Å². The quantitative estimate of drug-likeness (QED) is 0.113. The average molecular weight is 642 g/mol. The van der Waals surface area contributed by atoms with E-state index in [0.717, 1.165) is 38.5 Å². The molecule has 258 valence electrons. The summed E-state index contributed by atoms with van der Waals surface area (Å²) in [6.07, 6.45) is 10.0. The highest BCUT2D eigenvalue weighted by Gasteiger charge is 2.20. The lowest BCUT2D eigenvalue weighted by Gasteiger charge is -2.28. The Kier molecular flexibility index (Phi) is 18.7. The van der Waals surface area contributed by atoms with E-state index in [0.29, 0.717) is 64.4 Å². The SMILES string of the molecule is CC.CC(C)(C)CC(C)(C)C.COc1ccc(-c2cc3ccc(OCCCCCCCCCCOC=O)nc3oc2=O)c(OC)c1. The first kappa shape index (κ1) is 40.5. The van der Waals surface area contributed by atoms with Crippen molar-refractivity contribution in [3.63, 3.8) is 0 Å². The molecule has 0 aliphatic carbocycles. The van der Waals surface area contributed by atoms with Gasteiger partial charge in [0.2, 0.25) is 11.6 Å². The molecule has 2 aromatic heterocycles. The number of benzene rings is 1. The first-order valence-electron chi connectivity index (χ1n) is 16.7. The van der Waals surface area contributed by atoms with E-state index in [4.69, 9.17) is 18.6 Å². The van der Waals surface area contributed by atoms with Gasteiger partial charge in [-0.3, -0.25) is 4.79 Å². The summed E-state index contributed by atoms with van der Waals surface area (Å²) in [7, 11) is 3.12. The number of hydrogen-bond donors (Lipinski definition) is 0. The highest BCUT2D eigenvalue weighted by atomic mass is 16.5. The maximum Gasteiger partial charge on any atom is 0.345 e. The van der Waals surface area contributed by atoms with E-state index in [2.05, 4.69) is 51.3 Å². The van der Waals surface area contributed by atoms with Gasteiger partial charge in [0.05, 0.1) is 33.0 Å². The van der Waals surface area contributed by atoms with Crippen molar-refractivity contribution in [1.29, 1.82) is 0 Å². The molecule has 0 spiro atoms. The number of fused-ring (bicyclic) bond motifs is 1. The minimum absolute atomic E-state index is 0.238. The zero-order valence-corrected chi connectivity index (χ0v) is 30.1. The molecule has 0 aliphatic heterocycles. The number of unbranched alkanes of at least 4 members (excludes halogenated alkanes) is 7. The fourth-order valence-corrected chi connectivity index (χ4v) is 5.44. The molecule has 2 heterocycles. The highest BCUT2D eigenvalue weighted by molar-refractivity contribution is 5.81. The Labute approximate surface area is 277 Å². The predicted octanol–water partition coefficient (Wildman–Crippen LogP) is 10.0. The summed E-state index contributed by atoms with van der Waals surface area (Å²) >= 11 is 0. The zero-order chi connectivity index (χ0) is 34.6. The number of carbonyl (C=O) groups is 1. The summed E-state index contributed by atoms with van der Waals surface area (Å²) in [5.41, 5.74) is 1.72. The van der Waals surface area contributed by atoms with Crippen LogP contribution < -0.4 is 19.8 Å². The topological polar surface area (TPSA) is 97.1 Å². The van der Waals surface area contributed by atoms with Crippen molar-refractivity contribution in [2.24, 2.45) is 10.8 Å². The number of ether oxygens (including phenoxy) is 4. The van der Waals surface area contributed by atoms with Crippen LogP contribution >= 0.6 is 0 Å². The van der Waals surface area contributed by atoms with Gasteiger partial charge in [0.1, 0.15) is 11.5 Å². The van der Waals surface area contributed by atoms with E-state index in [1.807, 2.05) is 19.9 Å². The molecule has 0 amide bonds. The van der Waals surface area contributed by atoms with Crippen LogP contribution in [0, 0.1) is 10.8 Å². The Hall–Kier alpha value is -3.55. The molecule has 0 atom stereocenters. The highest BCUT2D eigenvalue weighted by Crippen LogP contribution is 2.33. The van der Waals surface area contributed by atoms with Gasteiger partial charge in [-0.2, -0.15) is 4.98 Å². The molecular weight excluding hydrogens is 582 g/mol. The van der Waals surface area contributed by atoms with Crippen molar-refractivity contribution in [3.05, 3.63) is 46.8 Å². The van der Waals surface area contributed by atoms with E-state index < -0.39 is 5.63 Å².